The summed E-state index contributed by atoms with van der Waals surface area (Å²) in [6.07, 6.45) is 5.75. The molecular weight excluding hydrogens is 314 g/mol. The number of imidazole rings is 1. The van der Waals surface area contributed by atoms with E-state index in [1.807, 2.05) is 12.1 Å². The van der Waals surface area contributed by atoms with Gasteiger partial charge in [-0.3, -0.25) is 0 Å². The minimum Gasteiger partial charge on any atom is -0.346 e. The average molecular weight is 336 g/mol. The van der Waals surface area contributed by atoms with Crippen LogP contribution in [0.3, 0.4) is 0 Å². The predicted molar refractivity (Wildman–Crippen MR) is 87.7 cm³/mol. The first-order valence-electron chi connectivity index (χ1n) is 7.22. The minimum atomic E-state index is 0.799. The summed E-state index contributed by atoms with van der Waals surface area (Å²) in [6.45, 7) is 2.88. The lowest BCUT2D eigenvalue weighted by molar-refractivity contribution is 0.637. The van der Waals surface area contributed by atoms with Gasteiger partial charge in [0.05, 0.1) is 5.69 Å². The highest BCUT2D eigenvalue weighted by molar-refractivity contribution is 9.10. The van der Waals surface area contributed by atoms with Crippen LogP contribution >= 0.6 is 15.9 Å². The molecule has 108 valence electrons. The number of aromatic nitrogens is 2. The highest BCUT2D eigenvalue weighted by Crippen LogP contribution is 2.24. The van der Waals surface area contributed by atoms with Gasteiger partial charge in [-0.15, -0.1) is 0 Å². The standard InChI is InChI=1S/C16H22BrN3/c1-12-16(13-7-6-8-14(17)11-13)20-15(19-12)9-4-2-3-5-10-18/h6-8,11H,2-5,9-10,18H2,1H3,(H,19,20). The van der Waals surface area contributed by atoms with E-state index in [1.165, 1.54) is 19.3 Å². The van der Waals surface area contributed by atoms with Gasteiger partial charge >= 0.3 is 0 Å². The molecule has 20 heavy (non-hydrogen) atoms. The summed E-state index contributed by atoms with van der Waals surface area (Å²) in [5.74, 6) is 1.09. The van der Waals surface area contributed by atoms with Gasteiger partial charge < -0.3 is 10.7 Å². The molecule has 0 aliphatic rings. The van der Waals surface area contributed by atoms with Crippen LogP contribution in [0.25, 0.3) is 11.3 Å². The van der Waals surface area contributed by atoms with Gasteiger partial charge in [-0.1, -0.05) is 40.9 Å². The molecule has 2 rings (SSSR count). The lowest BCUT2D eigenvalue weighted by Crippen LogP contribution is -1.98. The van der Waals surface area contributed by atoms with E-state index in [9.17, 15) is 0 Å². The van der Waals surface area contributed by atoms with E-state index in [0.717, 1.165) is 46.6 Å². The van der Waals surface area contributed by atoms with Gasteiger partial charge in [0.1, 0.15) is 5.82 Å². The molecule has 1 heterocycles. The van der Waals surface area contributed by atoms with Crippen molar-refractivity contribution in [3.8, 4) is 11.3 Å². The summed E-state index contributed by atoms with van der Waals surface area (Å²) in [7, 11) is 0. The van der Waals surface area contributed by atoms with Crippen molar-refractivity contribution in [1.82, 2.24) is 9.97 Å². The van der Waals surface area contributed by atoms with Crippen LogP contribution < -0.4 is 5.73 Å². The van der Waals surface area contributed by atoms with Crippen LogP contribution in [0.2, 0.25) is 0 Å². The Morgan fingerprint density at radius 3 is 2.75 bits per heavy atom. The van der Waals surface area contributed by atoms with Gasteiger partial charge in [0.15, 0.2) is 0 Å². The van der Waals surface area contributed by atoms with E-state index in [4.69, 9.17) is 10.7 Å². The number of hydrogen-bond acceptors (Lipinski definition) is 2. The van der Waals surface area contributed by atoms with E-state index < -0.39 is 0 Å². The molecule has 0 aliphatic carbocycles. The van der Waals surface area contributed by atoms with Gasteiger partial charge in [0, 0.05) is 22.2 Å². The average Bonchev–Trinajstić information content (AvgIpc) is 2.80. The first-order valence-corrected chi connectivity index (χ1v) is 8.01. The van der Waals surface area contributed by atoms with E-state index >= 15 is 0 Å². The van der Waals surface area contributed by atoms with Crippen molar-refractivity contribution in [2.75, 3.05) is 6.54 Å². The fraction of sp³-hybridized carbons (Fsp3) is 0.438. The normalized spacial score (nSPS) is 10.9. The number of hydrogen-bond donors (Lipinski definition) is 2. The SMILES string of the molecule is Cc1[nH]c(CCCCCCN)nc1-c1cccc(Br)c1. The quantitative estimate of drug-likeness (QED) is 0.744. The Bertz CT molecular complexity index is 548. The summed E-state index contributed by atoms with van der Waals surface area (Å²) in [6, 6.07) is 8.27. The Kier molecular flexibility index (Phi) is 5.80. The Morgan fingerprint density at radius 1 is 1.20 bits per heavy atom. The van der Waals surface area contributed by atoms with Gasteiger partial charge in [0.2, 0.25) is 0 Å². The van der Waals surface area contributed by atoms with Crippen molar-refractivity contribution < 1.29 is 0 Å². The number of benzene rings is 1. The van der Waals surface area contributed by atoms with Crippen molar-refractivity contribution in [3.63, 3.8) is 0 Å². The molecular formula is C16H22BrN3. The molecule has 0 saturated heterocycles. The van der Waals surface area contributed by atoms with Crippen LogP contribution in [-0.4, -0.2) is 16.5 Å². The van der Waals surface area contributed by atoms with Gasteiger partial charge in [-0.05, 0) is 38.4 Å². The summed E-state index contributed by atoms with van der Waals surface area (Å²) in [4.78, 5) is 8.14. The second kappa shape index (κ2) is 7.60. The molecule has 0 bridgehead atoms. The third-order valence-corrected chi connectivity index (χ3v) is 3.89. The molecule has 3 N–H and O–H groups in total. The van der Waals surface area contributed by atoms with Crippen LogP contribution in [0.4, 0.5) is 0 Å². The Balaban J connectivity index is 1.99. The summed E-state index contributed by atoms with van der Waals surface area (Å²) in [5.41, 5.74) is 8.85. The number of nitrogens with one attached hydrogen (secondary N) is 1. The third kappa shape index (κ3) is 4.18. The smallest absolute Gasteiger partial charge is 0.106 e. The number of aromatic amines is 1. The van der Waals surface area contributed by atoms with Crippen molar-refractivity contribution in [1.29, 1.82) is 0 Å². The number of aryl methyl sites for hydroxylation is 2. The second-order valence-corrected chi connectivity index (χ2v) is 6.04. The van der Waals surface area contributed by atoms with Crippen molar-refractivity contribution in [3.05, 3.63) is 40.3 Å². The molecule has 1 aromatic carbocycles. The highest BCUT2D eigenvalue weighted by Gasteiger charge is 2.09. The first kappa shape index (κ1) is 15.3. The molecule has 0 atom stereocenters. The number of unbranched alkanes of at least 4 members (excludes halogenated alkanes) is 3. The summed E-state index contributed by atoms with van der Waals surface area (Å²) < 4.78 is 1.08. The molecule has 0 saturated carbocycles. The molecule has 2 aromatic rings. The lowest BCUT2D eigenvalue weighted by atomic mass is 10.1. The lowest BCUT2D eigenvalue weighted by Gasteiger charge is -1.99. The van der Waals surface area contributed by atoms with Crippen LogP contribution in [-0.2, 0) is 6.42 Å². The molecule has 0 spiro atoms. The number of H-pyrrole nitrogens is 1. The maximum Gasteiger partial charge on any atom is 0.106 e. The largest absolute Gasteiger partial charge is 0.346 e. The molecule has 3 nitrogen and oxygen atoms in total. The number of nitrogens with zero attached hydrogens (tertiary/aromatic N) is 1. The fourth-order valence-electron chi connectivity index (χ4n) is 2.35. The van der Waals surface area contributed by atoms with Gasteiger partial charge in [-0.2, -0.15) is 0 Å². The molecule has 0 unspecified atom stereocenters. The minimum absolute atomic E-state index is 0.799. The molecule has 1 aromatic heterocycles. The van der Waals surface area contributed by atoms with E-state index in [1.54, 1.807) is 0 Å². The molecule has 0 radical (unpaired) electrons. The van der Waals surface area contributed by atoms with Crippen LogP contribution in [0.5, 0.6) is 0 Å². The maximum absolute atomic E-state index is 5.50. The first-order chi connectivity index (χ1) is 9.70. The zero-order valence-corrected chi connectivity index (χ0v) is 13.5. The van der Waals surface area contributed by atoms with E-state index in [-0.39, 0.29) is 0 Å². The van der Waals surface area contributed by atoms with Gasteiger partial charge in [-0.25, -0.2) is 4.98 Å². The monoisotopic (exact) mass is 335 g/mol. The maximum atomic E-state index is 5.50. The van der Waals surface area contributed by atoms with Gasteiger partial charge in [0.25, 0.3) is 0 Å². The fourth-order valence-corrected chi connectivity index (χ4v) is 2.75. The molecule has 0 aliphatic heterocycles. The van der Waals surface area contributed by atoms with E-state index in [0.29, 0.717) is 0 Å². The number of nitrogens with two attached hydrogens (primary N) is 1. The zero-order chi connectivity index (χ0) is 14.4. The Labute approximate surface area is 129 Å². The topological polar surface area (TPSA) is 54.7 Å². The van der Waals surface area contributed by atoms with Crippen molar-refractivity contribution in [2.24, 2.45) is 5.73 Å². The second-order valence-electron chi connectivity index (χ2n) is 5.12. The summed E-state index contributed by atoms with van der Waals surface area (Å²) >= 11 is 3.51. The van der Waals surface area contributed by atoms with E-state index in [2.05, 4.69) is 40.0 Å². The predicted octanol–water partition coefficient (Wildman–Crippen LogP) is 4.21. The highest BCUT2D eigenvalue weighted by atomic mass is 79.9. The Morgan fingerprint density at radius 2 is 2.00 bits per heavy atom. The summed E-state index contributed by atoms with van der Waals surface area (Å²) in [5, 5.41) is 0. The van der Waals surface area contributed by atoms with Crippen molar-refractivity contribution in [2.45, 2.75) is 39.0 Å². The van der Waals surface area contributed by atoms with Crippen LogP contribution in [0.1, 0.15) is 37.2 Å². The van der Waals surface area contributed by atoms with Crippen molar-refractivity contribution >= 4 is 15.9 Å². The number of rotatable bonds is 7. The van der Waals surface area contributed by atoms with Crippen LogP contribution in [0, 0.1) is 6.92 Å². The molecule has 0 fully saturated rings. The Hall–Kier alpha value is -1.13. The number of halogens is 1. The molecule has 0 amide bonds. The third-order valence-electron chi connectivity index (χ3n) is 3.40. The zero-order valence-electron chi connectivity index (χ0n) is 12.0. The van der Waals surface area contributed by atoms with Crippen LogP contribution in [0.15, 0.2) is 28.7 Å². The molecule has 4 heteroatoms.